The fourth-order valence-corrected chi connectivity index (χ4v) is 1.70. The van der Waals surface area contributed by atoms with Gasteiger partial charge in [-0.1, -0.05) is 22.7 Å². The van der Waals surface area contributed by atoms with Crippen LogP contribution in [0, 0.1) is 0 Å². The van der Waals surface area contributed by atoms with Crippen molar-refractivity contribution in [2.45, 2.75) is 13.1 Å². The topological polar surface area (TPSA) is 58.0 Å². The maximum atomic E-state index is 9.50. The minimum absolute atomic E-state index is 0.321. The van der Waals surface area contributed by atoms with Gasteiger partial charge in [0.15, 0.2) is 0 Å². The summed E-state index contributed by atoms with van der Waals surface area (Å²) in [5.41, 5.74) is 1.82. The number of hydrogen-bond acceptors (Lipinski definition) is 5. The maximum Gasteiger partial charge on any atom is 0.120 e. The SMILES string of the molecule is Oc1ccccc1CNCc1csnn1. The highest BCUT2D eigenvalue weighted by Crippen LogP contribution is 2.14. The number of aromatic nitrogens is 2. The van der Waals surface area contributed by atoms with Crippen LogP contribution in [0.25, 0.3) is 0 Å². The molecule has 1 heterocycles. The standard InChI is InChI=1S/C10H11N3OS/c14-10-4-2-1-3-8(10)5-11-6-9-7-15-13-12-9/h1-4,7,11,14H,5-6H2. The molecule has 2 rings (SSSR count). The largest absolute Gasteiger partial charge is 0.508 e. The summed E-state index contributed by atoms with van der Waals surface area (Å²) in [5.74, 6) is 0.321. The Morgan fingerprint density at radius 2 is 2.13 bits per heavy atom. The first-order chi connectivity index (χ1) is 7.36. The summed E-state index contributed by atoms with van der Waals surface area (Å²) in [6.45, 7) is 1.30. The van der Waals surface area contributed by atoms with Gasteiger partial charge in [-0.2, -0.15) is 0 Å². The van der Waals surface area contributed by atoms with Gasteiger partial charge in [-0.3, -0.25) is 0 Å². The Kier molecular flexibility index (Phi) is 3.26. The van der Waals surface area contributed by atoms with Gasteiger partial charge < -0.3 is 10.4 Å². The molecule has 0 atom stereocenters. The minimum Gasteiger partial charge on any atom is -0.508 e. The van der Waals surface area contributed by atoms with Crippen LogP contribution in [0.4, 0.5) is 0 Å². The van der Waals surface area contributed by atoms with Gasteiger partial charge in [-0.25, -0.2) is 0 Å². The predicted octanol–water partition coefficient (Wildman–Crippen LogP) is 1.53. The molecule has 1 aromatic carbocycles. The van der Waals surface area contributed by atoms with Crippen LogP contribution in [0.3, 0.4) is 0 Å². The van der Waals surface area contributed by atoms with E-state index < -0.39 is 0 Å². The maximum absolute atomic E-state index is 9.50. The number of benzene rings is 1. The zero-order chi connectivity index (χ0) is 10.5. The molecule has 0 radical (unpaired) electrons. The molecule has 4 nitrogen and oxygen atoms in total. The Bertz CT molecular complexity index is 416. The van der Waals surface area contributed by atoms with Crippen LogP contribution in [0.5, 0.6) is 5.75 Å². The number of phenols is 1. The summed E-state index contributed by atoms with van der Waals surface area (Å²) < 4.78 is 3.77. The van der Waals surface area contributed by atoms with Gasteiger partial charge >= 0.3 is 0 Å². The van der Waals surface area contributed by atoms with Crippen molar-refractivity contribution < 1.29 is 5.11 Å². The Morgan fingerprint density at radius 3 is 2.87 bits per heavy atom. The quantitative estimate of drug-likeness (QED) is 0.822. The van der Waals surface area contributed by atoms with E-state index in [4.69, 9.17) is 0 Å². The molecule has 1 aromatic heterocycles. The van der Waals surface area contributed by atoms with E-state index in [1.807, 2.05) is 23.6 Å². The molecule has 0 saturated heterocycles. The van der Waals surface area contributed by atoms with E-state index in [9.17, 15) is 5.11 Å². The van der Waals surface area contributed by atoms with Crippen molar-refractivity contribution >= 4 is 11.5 Å². The molecule has 0 amide bonds. The van der Waals surface area contributed by atoms with Gasteiger partial charge in [0.25, 0.3) is 0 Å². The molecule has 0 unspecified atom stereocenters. The number of nitrogens with zero attached hydrogens (tertiary/aromatic N) is 2. The minimum atomic E-state index is 0.321. The van der Waals surface area contributed by atoms with E-state index >= 15 is 0 Å². The van der Waals surface area contributed by atoms with Gasteiger partial charge in [0.1, 0.15) is 5.75 Å². The molecule has 0 aliphatic carbocycles. The van der Waals surface area contributed by atoms with Crippen molar-refractivity contribution in [3.63, 3.8) is 0 Å². The Morgan fingerprint density at radius 1 is 1.27 bits per heavy atom. The first kappa shape index (κ1) is 10.1. The summed E-state index contributed by atoms with van der Waals surface area (Å²) in [4.78, 5) is 0. The van der Waals surface area contributed by atoms with E-state index in [-0.39, 0.29) is 0 Å². The van der Waals surface area contributed by atoms with Gasteiger partial charge in [0.2, 0.25) is 0 Å². The molecule has 0 bridgehead atoms. The molecule has 2 aromatic rings. The summed E-state index contributed by atoms with van der Waals surface area (Å²) in [6.07, 6.45) is 0. The fraction of sp³-hybridized carbons (Fsp3) is 0.200. The average molecular weight is 221 g/mol. The van der Waals surface area contributed by atoms with Gasteiger partial charge in [0, 0.05) is 24.0 Å². The van der Waals surface area contributed by atoms with Crippen molar-refractivity contribution in [3.8, 4) is 5.75 Å². The number of para-hydroxylation sites is 1. The summed E-state index contributed by atoms with van der Waals surface area (Å²) in [7, 11) is 0. The molecular weight excluding hydrogens is 210 g/mol. The first-order valence-corrected chi connectivity index (χ1v) is 5.43. The highest BCUT2D eigenvalue weighted by molar-refractivity contribution is 7.03. The van der Waals surface area contributed by atoms with Crippen molar-refractivity contribution in [1.82, 2.24) is 14.9 Å². The Hall–Kier alpha value is -1.46. The molecular formula is C10H11N3OS. The predicted molar refractivity (Wildman–Crippen MR) is 58.6 cm³/mol. The third-order valence-electron chi connectivity index (χ3n) is 2.02. The molecule has 0 aliphatic rings. The third-order valence-corrected chi connectivity index (χ3v) is 2.57. The third kappa shape index (κ3) is 2.74. The number of nitrogens with one attached hydrogen (secondary N) is 1. The first-order valence-electron chi connectivity index (χ1n) is 4.60. The van der Waals surface area contributed by atoms with Crippen LogP contribution in [0.2, 0.25) is 0 Å². The van der Waals surface area contributed by atoms with Crippen LogP contribution in [0.15, 0.2) is 29.6 Å². The highest BCUT2D eigenvalue weighted by Gasteiger charge is 1.99. The van der Waals surface area contributed by atoms with E-state index in [2.05, 4.69) is 14.9 Å². The van der Waals surface area contributed by atoms with Crippen LogP contribution in [0.1, 0.15) is 11.3 Å². The van der Waals surface area contributed by atoms with Gasteiger partial charge in [-0.15, -0.1) is 5.10 Å². The van der Waals surface area contributed by atoms with Crippen molar-refractivity contribution in [2.24, 2.45) is 0 Å². The zero-order valence-corrected chi connectivity index (χ0v) is 8.87. The van der Waals surface area contributed by atoms with Crippen molar-refractivity contribution in [1.29, 1.82) is 0 Å². The second-order valence-electron chi connectivity index (χ2n) is 3.13. The molecule has 2 N–H and O–H groups in total. The monoisotopic (exact) mass is 221 g/mol. The second-order valence-corrected chi connectivity index (χ2v) is 3.74. The summed E-state index contributed by atoms with van der Waals surface area (Å²) in [5, 5.41) is 18.5. The average Bonchev–Trinajstić information content (AvgIpc) is 2.74. The Balaban J connectivity index is 1.86. The van der Waals surface area contributed by atoms with E-state index in [1.165, 1.54) is 11.5 Å². The van der Waals surface area contributed by atoms with E-state index in [0.717, 1.165) is 11.3 Å². The smallest absolute Gasteiger partial charge is 0.120 e. The lowest BCUT2D eigenvalue weighted by atomic mass is 10.2. The number of phenolic OH excluding ortho intramolecular Hbond substituents is 1. The van der Waals surface area contributed by atoms with Crippen molar-refractivity contribution in [3.05, 3.63) is 40.9 Å². The normalized spacial score (nSPS) is 10.4. The van der Waals surface area contributed by atoms with Crippen LogP contribution >= 0.6 is 11.5 Å². The second kappa shape index (κ2) is 4.86. The molecule has 0 fully saturated rings. The summed E-state index contributed by atoms with van der Waals surface area (Å²) in [6, 6.07) is 7.29. The zero-order valence-electron chi connectivity index (χ0n) is 8.05. The summed E-state index contributed by atoms with van der Waals surface area (Å²) >= 11 is 1.34. The van der Waals surface area contributed by atoms with Crippen LogP contribution in [-0.4, -0.2) is 14.7 Å². The number of aromatic hydroxyl groups is 1. The van der Waals surface area contributed by atoms with E-state index in [0.29, 0.717) is 18.8 Å². The molecule has 5 heteroatoms. The lowest BCUT2D eigenvalue weighted by Crippen LogP contribution is -2.12. The van der Waals surface area contributed by atoms with Crippen LogP contribution in [-0.2, 0) is 13.1 Å². The van der Waals surface area contributed by atoms with Gasteiger partial charge in [-0.05, 0) is 17.6 Å². The van der Waals surface area contributed by atoms with Crippen LogP contribution < -0.4 is 5.32 Å². The Labute approximate surface area is 91.8 Å². The molecule has 15 heavy (non-hydrogen) atoms. The molecule has 78 valence electrons. The molecule has 0 saturated carbocycles. The van der Waals surface area contributed by atoms with Crippen molar-refractivity contribution in [2.75, 3.05) is 0 Å². The number of hydrogen-bond donors (Lipinski definition) is 2. The fourth-order valence-electron chi connectivity index (χ4n) is 1.25. The lowest BCUT2D eigenvalue weighted by Gasteiger charge is -2.04. The number of rotatable bonds is 4. The lowest BCUT2D eigenvalue weighted by molar-refractivity contribution is 0.464. The molecule has 0 spiro atoms. The van der Waals surface area contributed by atoms with E-state index in [1.54, 1.807) is 6.07 Å². The highest BCUT2D eigenvalue weighted by atomic mass is 32.1. The van der Waals surface area contributed by atoms with Gasteiger partial charge in [0.05, 0.1) is 5.69 Å². The molecule has 0 aliphatic heterocycles.